The van der Waals surface area contributed by atoms with Crippen LogP contribution in [0.5, 0.6) is 0 Å². The predicted octanol–water partition coefficient (Wildman–Crippen LogP) is 2.28. The van der Waals surface area contributed by atoms with E-state index in [1.807, 2.05) is 0 Å². The molecule has 0 aromatic heterocycles. The van der Waals surface area contributed by atoms with Crippen LogP contribution in [-0.4, -0.2) is 11.7 Å². The summed E-state index contributed by atoms with van der Waals surface area (Å²) in [6.45, 7) is 0.959. The number of nitrogens with zero attached hydrogens (tertiary/aromatic N) is 1. The number of hydrogen-bond donors (Lipinski definition) is 0. The van der Waals surface area contributed by atoms with Gasteiger partial charge in [0.25, 0.3) is 0 Å². The number of isothiocyanates is 1. The third-order valence-electron chi connectivity index (χ3n) is 2.79. The molecule has 0 amide bonds. The number of hydrogen-bond acceptors (Lipinski definition) is 2. The molecule has 0 bridgehead atoms. The van der Waals surface area contributed by atoms with Crippen molar-refractivity contribution in [2.45, 2.75) is 25.7 Å². The van der Waals surface area contributed by atoms with E-state index < -0.39 is 0 Å². The molecule has 0 aliphatic heterocycles. The Bertz CT molecular complexity index is 185. The van der Waals surface area contributed by atoms with Gasteiger partial charge in [0.05, 0.1) is 11.7 Å². The molecule has 2 aliphatic carbocycles. The van der Waals surface area contributed by atoms with Gasteiger partial charge in [-0.2, -0.15) is 0 Å². The van der Waals surface area contributed by atoms with Gasteiger partial charge in [-0.25, -0.2) is 4.99 Å². The lowest BCUT2D eigenvalue weighted by atomic mass is 10.0. The Kier molecular flexibility index (Phi) is 1.40. The SMILES string of the molecule is S=C=NCC1(C2CC2)CC1. The molecule has 0 unspecified atom stereocenters. The predicted molar refractivity (Wildman–Crippen MR) is 44.3 cm³/mol. The number of rotatable bonds is 3. The fourth-order valence-electron chi connectivity index (χ4n) is 1.74. The maximum Gasteiger partial charge on any atom is 0.0585 e. The van der Waals surface area contributed by atoms with Gasteiger partial charge < -0.3 is 0 Å². The van der Waals surface area contributed by atoms with Gasteiger partial charge in [0.2, 0.25) is 0 Å². The summed E-state index contributed by atoms with van der Waals surface area (Å²) in [5, 5.41) is 2.45. The Morgan fingerprint density at radius 3 is 2.60 bits per heavy atom. The lowest BCUT2D eigenvalue weighted by molar-refractivity contribution is 0.455. The van der Waals surface area contributed by atoms with Crippen molar-refractivity contribution in [1.82, 2.24) is 0 Å². The molecule has 10 heavy (non-hydrogen) atoms. The summed E-state index contributed by atoms with van der Waals surface area (Å²) < 4.78 is 0. The molecule has 2 fully saturated rings. The van der Waals surface area contributed by atoms with Crippen molar-refractivity contribution in [3.8, 4) is 0 Å². The summed E-state index contributed by atoms with van der Waals surface area (Å²) in [6, 6.07) is 0. The topological polar surface area (TPSA) is 12.4 Å². The highest BCUT2D eigenvalue weighted by molar-refractivity contribution is 7.78. The smallest absolute Gasteiger partial charge is 0.0585 e. The van der Waals surface area contributed by atoms with Gasteiger partial charge in [-0.1, -0.05) is 0 Å². The monoisotopic (exact) mass is 153 g/mol. The maximum atomic E-state index is 4.54. The first-order valence-electron chi connectivity index (χ1n) is 3.91. The largest absolute Gasteiger partial charge is 0.232 e. The van der Waals surface area contributed by atoms with E-state index in [4.69, 9.17) is 0 Å². The molecule has 54 valence electrons. The van der Waals surface area contributed by atoms with E-state index in [2.05, 4.69) is 22.4 Å². The first kappa shape index (κ1) is 6.51. The van der Waals surface area contributed by atoms with Crippen LogP contribution in [-0.2, 0) is 0 Å². The average molecular weight is 153 g/mol. The zero-order chi connectivity index (χ0) is 7.03. The standard InChI is InChI=1S/C8H11NS/c10-6-9-5-8(3-4-8)7-1-2-7/h7H,1-5H2. The first-order valence-corrected chi connectivity index (χ1v) is 4.32. The normalized spacial score (nSPS) is 27.2. The Balaban J connectivity index is 1.94. The second-order valence-corrected chi connectivity index (χ2v) is 3.73. The fourth-order valence-corrected chi connectivity index (χ4v) is 1.81. The second-order valence-electron chi connectivity index (χ2n) is 3.54. The van der Waals surface area contributed by atoms with Gasteiger partial charge in [0, 0.05) is 0 Å². The van der Waals surface area contributed by atoms with E-state index in [1.165, 1.54) is 25.7 Å². The van der Waals surface area contributed by atoms with Crippen molar-refractivity contribution in [1.29, 1.82) is 0 Å². The minimum Gasteiger partial charge on any atom is -0.232 e. The van der Waals surface area contributed by atoms with Crippen molar-refractivity contribution >= 4 is 17.4 Å². The van der Waals surface area contributed by atoms with Crippen LogP contribution in [0.25, 0.3) is 0 Å². The summed E-state index contributed by atoms with van der Waals surface area (Å²) in [5.74, 6) is 1.000. The quantitative estimate of drug-likeness (QED) is 0.447. The highest BCUT2D eigenvalue weighted by Crippen LogP contribution is 2.61. The molecule has 1 nitrogen and oxygen atoms in total. The van der Waals surface area contributed by atoms with Gasteiger partial charge in [0.15, 0.2) is 0 Å². The first-order chi connectivity index (χ1) is 4.87. The molecule has 0 aromatic rings. The second kappa shape index (κ2) is 2.14. The van der Waals surface area contributed by atoms with Gasteiger partial charge in [-0.15, -0.1) is 0 Å². The highest BCUT2D eigenvalue weighted by atomic mass is 32.1. The molecule has 0 heterocycles. The van der Waals surface area contributed by atoms with Crippen LogP contribution in [0.3, 0.4) is 0 Å². The molecule has 0 N–H and O–H groups in total. The summed E-state index contributed by atoms with van der Waals surface area (Å²) >= 11 is 4.54. The zero-order valence-electron chi connectivity index (χ0n) is 5.97. The molecular formula is C8H11NS. The van der Waals surface area contributed by atoms with Crippen LogP contribution >= 0.6 is 12.2 Å². The molecular weight excluding hydrogens is 142 g/mol. The maximum absolute atomic E-state index is 4.54. The van der Waals surface area contributed by atoms with Crippen molar-refractivity contribution in [2.24, 2.45) is 16.3 Å². The third kappa shape index (κ3) is 1.02. The summed E-state index contributed by atoms with van der Waals surface area (Å²) in [7, 11) is 0. The minimum absolute atomic E-state index is 0.617. The molecule has 0 spiro atoms. The van der Waals surface area contributed by atoms with E-state index in [9.17, 15) is 0 Å². The molecule has 2 saturated carbocycles. The molecule has 2 rings (SSSR count). The van der Waals surface area contributed by atoms with E-state index in [1.54, 1.807) is 0 Å². The Morgan fingerprint density at radius 1 is 1.50 bits per heavy atom. The van der Waals surface area contributed by atoms with Crippen molar-refractivity contribution in [2.75, 3.05) is 6.54 Å². The van der Waals surface area contributed by atoms with E-state index in [-0.39, 0.29) is 0 Å². The molecule has 0 saturated heterocycles. The van der Waals surface area contributed by atoms with Crippen molar-refractivity contribution < 1.29 is 0 Å². The van der Waals surface area contributed by atoms with Crippen LogP contribution in [0.2, 0.25) is 0 Å². The third-order valence-corrected chi connectivity index (χ3v) is 2.92. The van der Waals surface area contributed by atoms with Gasteiger partial charge in [-0.3, -0.25) is 0 Å². The Morgan fingerprint density at radius 2 is 2.20 bits per heavy atom. The number of thiocarbonyl (C=S) groups is 1. The molecule has 0 radical (unpaired) electrons. The molecule has 0 aromatic carbocycles. The van der Waals surface area contributed by atoms with Crippen LogP contribution in [0.4, 0.5) is 0 Å². The van der Waals surface area contributed by atoms with E-state index >= 15 is 0 Å². The average Bonchev–Trinajstić information content (AvgIpc) is 2.76. The molecule has 2 aliphatic rings. The zero-order valence-corrected chi connectivity index (χ0v) is 6.78. The highest BCUT2D eigenvalue weighted by Gasteiger charge is 2.53. The van der Waals surface area contributed by atoms with Crippen molar-refractivity contribution in [3.05, 3.63) is 0 Å². The van der Waals surface area contributed by atoms with Gasteiger partial charge >= 0.3 is 0 Å². The van der Waals surface area contributed by atoms with E-state index in [0.717, 1.165) is 12.5 Å². The minimum atomic E-state index is 0.617. The summed E-state index contributed by atoms with van der Waals surface area (Å²) in [4.78, 5) is 4.03. The van der Waals surface area contributed by atoms with E-state index in [0.29, 0.717) is 5.41 Å². The molecule has 0 atom stereocenters. The van der Waals surface area contributed by atoms with Gasteiger partial charge in [0.1, 0.15) is 0 Å². The van der Waals surface area contributed by atoms with Crippen LogP contribution in [0, 0.1) is 11.3 Å². The Labute approximate surface area is 66.5 Å². The summed E-state index contributed by atoms with van der Waals surface area (Å²) in [5.41, 5.74) is 0.617. The summed E-state index contributed by atoms with van der Waals surface area (Å²) in [6.07, 6.45) is 5.65. The Hall–Kier alpha value is -0.200. The van der Waals surface area contributed by atoms with Crippen LogP contribution in [0.15, 0.2) is 4.99 Å². The lowest BCUT2D eigenvalue weighted by Crippen LogP contribution is -2.06. The lowest BCUT2D eigenvalue weighted by Gasteiger charge is -2.07. The van der Waals surface area contributed by atoms with Crippen molar-refractivity contribution in [3.63, 3.8) is 0 Å². The van der Waals surface area contributed by atoms with Crippen LogP contribution in [0.1, 0.15) is 25.7 Å². The fraction of sp³-hybridized carbons (Fsp3) is 0.875. The molecule has 2 heteroatoms. The van der Waals surface area contributed by atoms with Crippen LogP contribution < -0.4 is 0 Å². The number of aliphatic imine (C=N–C) groups is 1. The van der Waals surface area contributed by atoms with Gasteiger partial charge in [-0.05, 0) is 49.2 Å².